The molecule has 0 amide bonds. The molecule has 0 aliphatic carbocycles. The molecule has 19 heavy (non-hydrogen) atoms. The molecule has 0 aromatic carbocycles. The second-order valence-electron chi connectivity index (χ2n) is 3.80. The number of nitrogens with zero attached hydrogens (tertiary/aromatic N) is 2. The minimum absolute atomic E-state index is 0.0585. The van der Waals surface area contributed by atoms with Crippen molar-refractivity contribution in [2.24, 2.45) is 7.05 Å². The summed E-state index contributed by atoms with van der Waals surface area (Å²) < 4.78 is 36.6. The van der Waals surface area contributed by atoms with Gasteiger partial charge in [0, 0.05) is 19.5 Å². The van der Waals surface area contributed by atoms with Gasteiger partial charge in [-0.1, -0.05) is 0 Å². The van der Waals surface area contributed by atoms with Crippen molar-refractivity contribution >= 4 is 21.8 Å². The zero-order chi connectivity index (χ0) is 14.5. The Balaban J connectivity index is 2.56. The summed E-state index contributed by atoms with van der Waals surface area (Å²) in [5, 5.41) is 3.94. The van der Waals surface area contributed by atoms with Crippen molar-refractivity contribution in [2.45, 2.75) is 12.8 Å². The summed E-state index contributed by atoms with van der Waals surface area (Å²) in [6, 6.07) is 1.47. The van der Waals surface area contributed by atoms with E-state index in [2.05, 4.69) is 14.6 Å². The maximum Gasteiger partial charge on any atom is 0.305 e. The first-order valence-corrected chi connectivity index (χ1v) is 7.18. The predicted molar refractivity (Wildman–Crippen MR) is 68.4 cm³/mol. The van der Waals surface area contributed by atoms with Gasteiger partial charge in [-0.05, 0) is 6.42 Å². The number of carbonyl (C=O) groups is 1. The second kappa shape index (κ2) is 6.41. The van der Waals surface area contributed by atoms with Gasteiger partial charge in [-0.3, -0.25) is 9.52 Å². The molecule has 0 aliphatic rings. The summed E-state index contributed by atoms with van der Waals surface area (Å²) in [5.74, 6) is 0.000412. The molecule has 1 N–H and O–H groups in total. The molecular weight excluding hydrogens is 274 g/mol. The molecule has 0 saturated heterocycles. The lowest BCUT2D eigenvalue weighted by Gasteiger charge is -2.04. The fraction of sp³-hybridized carbons (Fsp3) is 0.600. The molecule has 1 heterocycles. The van der Waals surface area contributed by atoms with E-state index in [-0.39, 0.29) is 24.4 Å². The molecule has 108 valence electrons. The van der Waals surface area contributed by atoms with Crippen LogP contribution in [0.5, 0.6) is 5.88 Å². The van der Waals surface area contributed by atoms with Crippen molar-refractivity contribution < 1.29 is 22.7 Å². The molecular formula is C10H17N3O5S. The molecule has 1 aromatic rings. The van der Waals surface area contributed by atoms with Crippen LogP contribution in [-0.2, 0) is 26.6 Å². The van der Waals surface area contributed by atoms with Crippen LogP contribution in [0.4, 0.5) is 5.82 Å². The van der Waals surface area contributed by atoms with Crippen LogP contribution < -0.4 is 9.46 Å². The van der Waals surface area contributed by atoms with Gasteiger partial charge in [0.2, 0.25) is 15.9 Å². The lowest BCUT2D eigenvalue weighted by molar-refractivity contribution is -0.140. The quantitative estimate of drug-likeness (QED) is 0.716. The van der Waals surface area contributed by atoms with E-state index in [4.69, 9.17) is 4.74 Å². The highest BCUT2D eigenvalue weighted by atomic mass is 32.2. The lowest BCUT2D eigenvalue weighted by Crippen LogP contribution is -2.18. The number of aryl methyl sites for hydroxylation is 1. The Kier molecular flexibility index (Phi) is 5.16. The average molecular weight is 291 g/mol. The molecule has 8 nitrogen and oxygen atoms in total. The van der Waals surface area contributed by atoms with Crippen molar-refractivity contribution in [2.75, 3.05) is 24.7 Å². The van der Waals surface area contributed by atoms with Crippen molar-refractivity contribution in [1.82, 2.24) is 9.78 Å². The number of anilines is 1. The van der Waals surface area contributed by atoms with Gasteiger partial charge in [-0.25, -0.2) is 13.1 Å². The van der Waals surface area contributed by atoms with Gasteiger partial charge in [0.05, 0.1) is 20.0 Å². The van der Waals surface area contributed by atoms with Crippen LogP contribution >= 0.6 is 0 Å². The van der Waals surface area contributed by atoms with E-state index in [9.17, 15) is 13.2 Å². The molecule has 0 saturated carbocycles. The number of nitrogens with one attached hydrogen (secondary N) is 1. The highest BCUT2D eigenvalue weighted by Gasteiger charge is 2.15. The largest absolute Gasteiger partial charge is 0.481 e. The normalized spacial score (nSPS) is 11.1. The second-order valence-corrected chi connectivity index (χ2v) is 5.64. The monoisotopic (exact) mass is 291 g/mol. The van der Waals surface area contributed by atoms with Crippen molar-refractivity contribution in [3.63, 3.8) is 0 Å². The van der Waals surface area contributed by atoms with E-state index in [0.29, 0.717) is 5.88 Å². The van der Waals surface area contributed by atoms with E-state index < -0.39 is 16.0 Å². The zero-order valence-corrected chi connectivity index (χ0v) is 11.9. The van der Waals surface area contributed by atoms with Gasteiger partial charge < -0.3 is 9.47 Å². The summed E-state index contributed by atoms with van der Waals surface area (Å²) in [5.41, 5.74) is 0. The molecule has 0 atom stereocenters. The smallest absolute Gasteiger partial charge is 0.305 e. The summed E-state index contributed by atoms with van der Waals surface area (Å²) in [6.45, 7) is 0. The Morgan fingerprint density at radius 3 is 2.68 bits per heavy atom. The summed E-state index contributed by atoms with van der Waals surface area (Å²) >= 11 is 0. The van der Waals surface area contributed by atoms with E-state index in [1.807, 2.05) is 0 Å². The van der Waals surface area contributed by atoms with E-state index in [1.165, 1.54) is 25.0 Å². The Hall–Kier alpha value is -1.77. The van der Waals surface area contributed by atoms with Crippen LogP contribution in [0.15, 0.2) is 6.07 Å². The highest BCUT2D eigenvalue weighted by molar-refractivity contribution is 7.92. The van der Waals surface area contributed by atoms with Crippen LogP contribution in [0.3, 0.4) is 0 Å². The van der Waals surface area contributed by atoms with E-state index >= 15 is 0 Å². The lowest BCUT2D eigenvalue weighted by atomic mass is 10.3. The van der Waals surface area contributed by atoms with Gasteiger partial charge in [-0.15, -0.1) is 0 Å². The van der Waals surface area contributed by atoms with Gasteiger partial charge in [0.15, 0.2) is 5.82 Å². The van der Waals surface area contributed by atoms with E-state index in [0.717, 1.165) is 0 Å². The molecule has 0 radical (unpaired) electrons. The van der Waals surface area contributed by atoms with Crippen molar-refractivity contribution in [3.05, 3.63) is 6.07 Å². The molecule has 0 aliphatic heterocycles. The molecule has 0 fully saturated rings. The third-order valence-corrected chi connectivity index (χ3v) is 3.67. The number of ether oxygens (including phenoxy) is 2. The molecule has 0 unspecified atom stereocenters. The number of sulfonamides is 1. The summed E-state index contributed by atoms with van der Waals surface area (Å²) in [6.07, 6.45) is 0.245. The number of hydrogen-bond donors (Lipinski definition) is 1. The Morgan fingerprint density at radius 2 is 2.16 bits per heavy atom. The third-order valence-electron chi connectivity index (χ3n) is 2.33. The fourth-order valence-corrected chi connectivity index (χ4v) is 2.45. The standard InChI is InChI=1S/C10H17N3O5S/c1-13-9(17-2)7-8(11-13)12-19(15,16)6-4-5-10(14)18-3/h7H,4-6H2,1-3H3,(H,11,12). The molecule has 0 spiro atoms. The minimum Gasteiger partial charge on any atom is -0.481 e. The average Bonchev–Trinajstić information content (AvgIpc) is 2.67. The van der Waals surface area contributed by atoms with Crippen LogP contribution in [0.25, 0.3) is 0 Å². The van der Waals surface area contributed by atoms with E-state index in [1.54, 1.807) is 7.05 Å². The van der Waals surface area contributed by atoms with Gasteiger partial charge >= 0.3 is 5.97 Å². The summed E-state index contributed by atoms with van der Waals surface area (Å²) in [4.78, 5) is 10.9. The maximum absolute atomic E-state index is 11.7. The SMILES string of the molecule is COC(=O)CCCS(=O)(=O)Nc1cc(OC)n(C)n1. The Labute approximate surface area is 111 Å². The minimum atomic E-state index is -3.54. The molecule has 9 heteroatoms. The highest BCUT2D eigenvalue weighted by Crippen LogP contribution is 2.16. The van der Waals surface area contributed by atoms with Gasteiger partial charge in [0.25, 0.3) is 0 Å². The number of rotatable bonds is 7. The Morgan fingerprint density at radius 1 is 1.47 bits per heavy atom. The van der Waals surface area contributed by atoms with Gasteiger partial charge in [-0.2, -0.15) is 5.10 Å². The fourth-order valence-electron chi connectivity index (χ4n) is 1.41. The molecule has 0 bridgehead atoms. The molecule has 1 rings (SSSR count). The number of aromatic nitrogens is 2. The zero-order valence-electron chi connectivity index (χ0n) is 11.0. The van der Waals surface area contributed by atoms with Crippen LogP contribution in [0.2, 0.25) is 0 Å². The topological polar surface area (TPSA) is 99.5 Å². The number of methoxy groups -OCH3 is 2. The predicted octanol–water partition coefficient (Wildman–Crippen LogP) is 0.124. The van der Waals surface area contributed by atoms with Gasteiger partial charge in [0.1, 0.15) is 0 Å². The Bertz CT molecular complexity index is 537. The third kappa shape index (κ3) is 4.78. The first-order chi connectivity index (χ1) is 8.88. The maximum atomic E-state index is 11.7. The van der Waals surface area contributed by atoms with Crippen molar-refractivity contribution in [3.8, 4) is 5.88 Å². The summed E-state index contributed by atoms with van der Waals surface area (Å²) in [7, 11) is 0.817. The van der Waals surface area contributed by atoms with Crippen LogP contribution in [-0.4, -0.2) is 44.1 Å². The number of esters is 1. The molecule has 1 aromatic heterocycles. The number of hydrogen-bond acceptors (Lipinski definition) is 6. The van der Waals surface area contributed by atoms with Crippen LogP contribution in [0, 0.1) is 0 Å². The van der Waals surface area contributed by atoms with Crippen LogP contribution in [0.1, 0.15) is 12.8 Å². The first-order valence-electron chi connectivity index (χ1n) is 5.53. The number of carbonyl (C=O) groups excluding carboxylic acids is 1. The first kappa shape index (κ1) is 15.3. The van der Waals surface area contributed by atoms with Crippen molar-refractivity contribution in [1.29, 1.82) is 0 Å².